The average molecular weight is 298 g/mol. The van der Waals surface area contributed by atoms with E-state index in [1.165, 1.54) is 0 Å². The van der Waals surface area contributed by atoms with Crippen LogP contribution < -0.4 is 5.32 Å². The van der Waals surface area contributed by atoms with Crippen LogP contribution in [0, 0.1) is 6.92 Å². The Kier molecular flexibility index (Phi) is 5.13. The zero-order chi connectivity index (χ0) is 13.7. The summed E-state index contributed by atoms with van der Waals surface area (Å²) in [4.78, 5) is 0. The molecule has 1 aromatic carbocycles. The lowest BCUT2D eigenvalue weighted by Gasteiger charge is -2.18. The first-order chi connectivity index (χ1) is 9.19. The summed E-state index contributed by atoms with van der Waals surface area (Å²) in [6.07, 6.45) is 0.858. The molecule has 2 aromatic rings. The van der Waals surface area contributed by atoms with E-state index in [1.807, 2.05) is 31.2 Å². The molecule has 19 heavy (non-hydrogen) atoms. The van der Waals surface area contributed by atoms with Crippen molar-refractivity contribution < 1.29 is 4.74 Å². The van der Waals surface area contributed by atoms with Crippen molar-refractivity contribution >= 4 is 28.1 Å². The summed E-state index contributed by atoms with van der Waals surface area (Å²) < 4.78 is 5.16. The molecule has 1 heterocycles. The maximum Gasteiger partial charge on any atom is 0.206 e. The van der Waals surface area contributed by atoms with Crippen LogP contribution in [0.15, 0.2) is 24.3 Å². The van der Waals surface area contributed by atoms with E-state index >= 15 is 0 Å². The minimum Gasteiger partial charge on any atom is -0.385 e. The lowest BCUT2D eigenvalue weighted by atomic mass is 10.0. The molecule has 1 unspecified atom stereocenters. The molecule has 0 amide bonds. The molecule has 0 bridgehead atoms. The predicted octanol–water partition coefficient (Wildman–Crippen LogP) is 3.69. The SMILES string of the molecule is COCCC(Nc1nnc(C)s1)c1ccc(Cl)cc1. The van der Waals surface area contributed by atoms with Gasteiger partial charge in [-0.05, 0) is 31.0 Å². The van der Waals surface area contributed by atoms with Gasteiger partial charge in [0.15, 0.2) is 0 Å². The second-order valence-corrected chi connectivity index (χ2v) is 5.77. The van der Waals surface area contributed by atoms with Gasteiger partial charge in [-0.2, -0.15) is 0 Å². The predicted molar refractivity (Wildman–Crippen MR) is 79.0 cm³/mol. The molecule has 2 rings (SSSR count). The van der Waals surface area contributed by atoms with E-state index in [0.29, 0.717) is 6.61 Å². The molecule has 4 nitrogen and oxygen atoms in total. The Morgan fingerprint density at radius 3 is 2.63 bits per heavy atom. The van der Waals surface area contributed by atoms with Crippen LogP contribution in [0.3, 0.4) is 0 Å². The van der Waals surface area contributed by atoms with Crippen LogP contribution >= 0.6 is 22.9 Å². The van der Waals surface area contributed by atoms with Crippen LogP contribution in [0.25, 0.3) is 0 Å². The molecule has 6 heteroatoms. The Hall–Kier alpha value is -1.17. The minimum atomic E-state index is 0.143. The third-order valence-electron chi connectivity index (χ3n) is 2.71. The minimum absolute atomic E-state index is 0.143. The highest BCUT2D eigenvalue weighted by molar-refractivity contribution is 7.15. The average Bonchev–Trinajstić information content (AvgIpc) is 2.81. The number of ether oxygens (including phenoxy) is 1. The maximum absolute atomic E-state index is 5.92. The van der Waals surface area contributed by atoms with E-state index < -0.39 is 0 Å². The van der Waals surface area contributed by atoms with Crippen molar-refractivity contribution in [2.24, 2.45) is 0 Å². The molecular weight excluding hydrogens is 282 g/mol. The molecule has 0 aliphatic rings. The number of methoxy groups -OCH3 is 1. The number of hydrogen-bond acceptors (Lipinski definition) is 5. The third-order valence-corrected chi connectivity index (χ3v) is 3.73. The summed E-state index contributed by atoms with van der Waals surface area (Å²) in [5.74, 6) is 0. The zero-order valence-corrected chi connectivity index (χ0v) is 12.5. The van der Waals surface area contributed by atoms with Gasteiger partial charge in [-0.3, -0.25) is 0 Å². The number of hydrogen-bond donors (Lipinski definition) is 1. The van der Waals surface area contributed by atoms with E-state index in [9.17, 15) is 0 Å². The van der Waals surface area contributed by atoms with E-state index in [1.54, 1.807) is 18.4 Å². The number of aryl methyl sites for hydroxylation is 1. The number of halogens is 1. The molecular formula is C13H16ClN3OS. The van der Waals surface area contributed by atoms with Gasteiger partial charge in [0.2, 0.25) is 5.13 Å². The summed E-state index contributed by atoms with van der Waals surface area (Å²) >= 11 is 7.47. The first-order valence-corrected chi connectivity index (χ1v) is 7.19. The number of nitrogens with one attached hydrogen (secondary N) is 1. The largest absolute Gasteiger partial charge is 0.385 e. The summed E-state index contributed by atoms with van der Waals surface area (Å²) in [7, 11) is 1.70. The standard InChI is InChI=1S/C13H16ClN3OS/c1-9-16-17-13(19-9)15-12(7-8-18-2)10-3-5-11(14)6-4-10/h3-6,12H,7-8H2,1-2H3,(H,15,17). The normalized spacial score (nSPS) is 12.4. The Morgan fingerprint density at radius 1 is 1.32 bits per heavy atom. The van der Waals surface area contributed by atoms with E-state index in [0.717, 1.165) is 27.1 Å². The van der Waals surface area contributed by atoms with Crippen molar-refractivity contribution in [3.63, 3.8) is 0 Å². The highest BCUT2D eigenvalue weighted by atomic mass is 35.5. The molecule has 1 aromatic heterocycles. The highest BCUT2D eigenvalue weighted by Crippen LogP contribution is 2.25. The van der Waals surface area contributed by atoms with E-state index in [-0.39, 0.29) is 6.04 Å². The van der Waals surface area contributed by atoms with Crippen molar-refractivity contribution in [3.05, 3.63) is 39.9 Å². The number of aromatic nitrogens is 2. The van der Waals surface area contributed by atoms with Gasteiger partial charge < -0.3 is 10.1 Å². The van der Waals surface area contributed by atoms with E-state index in [4.69, 9.17) is 16.3 Å². The monoisotopic (exact) mass is 297 g/mol. The third kappa shape index (κ3) is 4.16. The van der Waals surface area contributed by atoms with Crippen LogP contribution in [0.2, 0.25) is 5.02 Å². The quantitative estimate of drug-likeness (QED) is 0.883. The number of rotatable bonds is 6. The molecule has 0 spiro atoms. The van der Waals surface area contributed by atoms with Gasteiger partial charge >= 0.3 is 0 Å². The number of benzene rings is 1. The van der Waals surface area contributed by atoms with Gasteiger partial charge in [-0.25, -0.2) is 0 Å². The Labute approximate surface area is 121 Å². The van der Waals surface area contributed by atoms with Gasteiger partial charge in [-0.1, -0.05) is 35.1 Å². The highest BCUT2D eigenvalue weighted by Gasteiger charge is 2.13. The summed E-state index contributed by atoms with van der Waals surface area (Å²) in [5, 5.41) is 14.0. The number of nitrogens with zero attached hydrogens (tertiary/aromatic N) is 2. The second-order valence-electron chi connectivity index (χ2n) is 4.16. The molecule has 0 radical (unpaired) electrons. The van der Waals surface area contributed by atoms with Crippen molar-refractivity contribution in [1.82, 2.24) is 10.2 Å². The van der Waals surface area contributed by atoms with Crippen LogP contribution in [0.4, 0.5) is 5.13 Å². The molecule has 0 aliphatic carbocycles. The molecule has 0 saturated heterocycles. The summed E-state index contributed by atoms with van der Waals surface area (Å²) in [6, 6.07) is 7.96. The maximum atomic E-state index is 5.92. The first kappa shape index (κ1) is 14.2. The zero-order valence-electron chi connectivity index (χ0n) is 10.9. The van der Waals surface area contributed by atoms with Crippen LogP contribution in [-0.4, -0.2) is 23.9 Å². The second kappa shape index (κ2) is 6.84. The van der Waals surface area contributed by atoms with Crippen LogP contribution in [0.1, 0.15) is 23.0 Å². The fraction of sp³-hybridized carbons (Fsp3) is 0.385. The van der Waals surface area contributed by atoms with Crippen molar-refractivity contribution in [2.45, 2.75) is 19.4 Å². The van der Waals surface area contributed by atoms with Crippen LogP contribution in [-0.2, 0) is 4.74 Å². The molecule has 1 N–H and O–H groups in total. The fourth-order valence-electron chi connectivity index (χ4n) is 1.76. The topological polar surface area (TPSA) is 47.0 Å². The lowest BCUT2D eigenvalue weighted by molar-refractivity contribution is 0.190. The first-order valence-electron chi connectivity index (χ1n) is 6.00. The molecule has 102 valence electrons. The van der Waals surface area contributed by atoms with Crippen LogP contribution in [0.5, 0.6) is 0 Å². The van der Waals surface area contributed by atoms with Gasteiger partial charge in [0.05, 0.1) is 6.04 Å². The van der Waals surface area contributed by atoms with Gasteiger partial charge in [0, 0.05) is 18.7 Å². The summed E-state index contributed by atoms with van der Waals surface area (Å²) in [5.41, 5.74) is 1.16. The molecule has 1 atom stereocenters. The van der Waals surface area contributed by atoms with Crippen molar-refractivity contribution in [3.8, 4) is 0 Å². The Morgan fingerprint density at radius 2 is 2.05 bits per heavy atom. The van der Waals surface area contributed by atoms with Gasteiger partial charge in [0.25, 0.3) is 0 Å². The van der Waals surface area contributed by atoms with Gasteiger partial charge in [0.1, 0.15) is 5.01 Å². The van der Waals surface area contributed by atoms with Crippen molar-refractivity contribution in [2.75, 3.05) is 19.0 Å². The smallest absolute Gasteiger partial charge is 0.206 e. The molecule has 0 fully saturated rings. The van der Waals surface area contributed by atoms with Crippen molar-refractivity contribution in [1.29, 1.82) is 0 Å². The Bertz CT molecular complexity index is 515. The van der Waals surface area contributed by atoms with Gasteiger partial charge in [-0.15, -0.1) is 10.2 Å². The Balaban J connectivity index is 2.13. The number of anilines is 1. The lowest BCUT2D eigenvalue weighted by Crippen LogP contribution is -2.13. The molecule has 0 saturated carbocycles. The van der Waals surface area contributed by atoms with E-state index in [2.05, 4.69) is 15.5 Å². The molecule has 0 aliphatic heterocycles. The fourth-order valence-corrected chi connectivity index (χ4v) is 2.53. The summed E-state index contributed by atoms with van der Waals surface area (Å²) in [6.45, 7) is 2.62.